The lowest BCUT2D eigenvalue weighted by Gasteiger charge is -2.29. The van der Waals surface area contributed by atoms with Gasteiger partial charge in [-0.2, -0.15) is 0 Å². The summed E-state index contributed by atoms with van der Waals surface area (Å²) in [6.07, 6.45) is 0.892. The molecule has 2 aromatic rings. The second-order valence-electron chi connectivity index (χ2n) is 5.18. The van der Waals surface area contributed by atoms with Gasteiger partial charge in [-0.25, -0.2) is 0 Å². The molecule has 5 heteroatoms. The highest BCUT2D eigenvalue weighted by Gasteiger charge is 2.25. The summed E-state index contributed by atoms with van der Waals surface area (Å²) in [6.45, 7) is 6.43. The molecule has 0 aliphatic carbocycles. The lowest BCUT2D eigenvalue weighted by molar-refractivity contribution is -0.134. The topological polar surface area (TPSA) is 59.5 Å². The van der Waals surface area contributed by atoms with Gasteiger partial charge in [-0.05, 0) is 32.4 Å². The summed E-state index contributed by atoms with van der Waals surface area (Å²) in [5, 5.41) is 1.05. The Balaban J connectivity index is 0.00000220. The Hall–Kier alpha value is -1.52. The first-order valence-electron chi connectivity index (χ1n) is 7.09. The monoisotopic (exact) mass is 310 g/mol. The minimum absolute atomic E-state index is 0. The van der Waals surface area contributed by atoms with E-state index in [-0.39, 0.29) is 24.4 Å². The van der Waals surface area contributed by atoms with Gasteiger partial charge in [0, 0.05) is 11.9 Å². The van der Waals surface area contributed by atoms with Gasteiger partial charge in [-0.3, -0.25) is 4.79 Å². The van der Waals surface area contributed by atoms with Crippen molar-refractivity contribution in [3.05, 3.63) is 36.1 Å². The summed E-state index contributed by atoms with van der Waals surface area (Å²) in [5.74, 6) is 0.758. The van der Waals surface area contributed by atoms with E-state index in [4.69, 9.17) is 10.2 Å². The first-order chi connectivity index (χ1) is 9.54. The van der Waals surface area contributed by atoms with Crippen LogP contribution in [0.4, 0.5) is 0 Å². The molecule has 1 unspecified atom stereocenters. The third kappa shape index (κ3) is 3.77. The highest BCUT2D eigenvalue weighted by Crippen LogP contribution is 2.27. The molecule has 1 aromatic heterocycles. The molecule has 0 radical (unpaired) electrons. The number of hydrogen-bond acceptors (Lipinski definition) is 3. The summed E-state index contributed by atoms with van der Waals surface area (Å²) in [7, 11) is 0. The quantitative estimate of drug-likeness (QED) is 0.919. The van der Waals surface area contributed by atoms with Crippen LogP contribution in [0.15, 0.2) is 34.7 Å². The van der Waals surface area contributed by atoms with E-state index in [9.17, 15) is 4.79 Å². The van der Waals surface area contributed by atoms with Crippen molar-refractivity contribution < 1.29 is 9.21 Å². The van der Waals surface area contributed by atoms with Crippen LogP contribution in [0.25, 0.3) is 11.0 Å². The number of benzene rings is 1. The Morgan fingerprint density at radius 2 is 2.00 bits per heavy atom. The normalized spacial score (nSPS) is 13.5. The van der Waals surface area contributed by atoms with E-state index in [0.717, 1.165) is 23.2 Å². The smallest absolute Gasteiger partial charge is 0.239 e. The summed E-state index contributed by atoms with van der Waals surface area (Å²) in [6, 6.07) is 9.25. The van der Waals surface area contributed by atoms with Gasteiger partial charge in [-0.15, -0.1) is 12.4 Å². The van der Waals surface area contributed by atoms with E-state index < -0.39 is 6.04 Å². The summed E-state index contributed by atoms with van der Waals surface area (Å²) in [5.41, 5.74) is 6.58. The highest BCUT2D eigenvalue weighted by molar-refractivity contribution is 5.85. The van der Waals surface area contributed by atoms with Gasteiger partial charge in [0.1, 0.15) is 11.3 Å². The number of hydrogen-bond donors (Lipinski definition) is 1. The van der Waals surface area contributed by atoms with Gasteiger partial charge >= 0.3 is 0 Å². The van der Waals surface area contributed by atoms with Crippen molar-refractivity contribution in [3.63, 3.8) is 0 Å². The van der Waals surface area contributed by atoms with E-state index in [2.05, 4.69) is 0 Å². The molecular formula is C16H23ClN2O2. The van der Waals surface area contributed by atoms with Gasteiger partial charge < -0.3 is 15.1 Å². The first kappa shape index (κ1) is 17.5. The van der Waals surface area contributed by atoms with Crippen molar-refractivity contribution in [3.8, 4) is 0 Å². The number of para-hydroxylation sites is 1. The standard InChI is InChI=1S/C16H22N2O2.ClH/c1-4-9-18(16(19)11(2)17)12(3)15-10-13-7-5-6-8-14(13)20-15;/h5-8,10-12H,4,9,17H2,1-3H3;1H/t11-,12?;/m1./s1. The molecule has 0 bridgehead atoms. The largest absolute Gasteiger partial charge is 0.459 e. The lowest BCUT2D eigenvalue weighted by atomic mass is 10.1. The van der Waals surface area contributed by atoms with Crippen LogP contribution in [0.5, 0.6) is 0 Å². The van der Waals surface area contributed by atoms with Crippen molar-refractivity contribution in [1.29, 1.82) is 0 Å². The molecule has 0 aliphatic rings. The van der Waals surface area contributed by atoms with Gasteiger partial charge in [-0.1, -0.05) is 25.1 Å². The molecule has 2 N–H and O–H groups in total. The average molecular weight is 311 g/mol. The number of rotatable bonds is 5. The van der Waals surface area contributed by atoms with E-state index >= 15 is 0 Å². The molecule has 0 saturated heterocycles. The number of furan rings is 1. The molecule has 1 amide bonds. The van der Waals surface area contributed by atoms with Crippen LogP contribution in [0.3, 0.4) is 0 Å². The molecule has 2 rings (SSSR count). The molecule has 2 atom stereocenters. The molecular weight excluding hydrogens is 288 g/mol. The number of fused-ring (bicyclic) bond motifs is 1. The van der Waals surface area contributed by atoms with E-state index in [1.165, 1.54) is 0 Å². The Kier molecular flexibility index (Phi) is 6.24. The lowest BCUT2D eigenvalue weighted by Crippen LogP contribution is -2.43. The number of halogens is 1. The van der Waals surface area contributed by atoms with Crippen LogP contribution < -0.4 is 5.73 Å². The predicted molar refractivity (Wildman–Crippen MR) is 87.5 cm³/mol. The van der Waals surface area contributed by atoms with Crippen molar-refractivity contribution in [2.75, 3.05) is 6.54 Å². The molecule has 1 aromatic carbocycles. The maximum Gasteiger partial charge on any atom is 0.239 e. The zero-order valence-corrected chi connectivity index (χ0v) is 13.5. The zero-order chi connectivity index (χ0) is 14.7. The van der Waals surface area contributed by atoms with E-state index in [0.29, 0.717) is 6.54 Å². The van der Waals surface area contributed by atoms with Gasteiger partial charge in [0.05, 0.1) is 12.1 Å². The van der Waals surface area contributed by atoms with Crippen LogP contribution in [-0.4, -0.2) is 23.4 Å². The fourth-order valence-corrected chi connectivity index (χ4v) is 2.36. The maximum atomic E-state index is 12.2. The highest BCUT2D eigenvalue weighted by atomic mass is 35.5. The number of nitrogens with zero attached hydrogens (tertiary/aromatic N) is 1. The van der Waals surface area contributed by atoms with Crippen LogP contribution in [0, 0.1) is 0 Å². The molecule has 1 heterocycles. The van der Waals surface area contributed by atoms with E-state index in [1.54, 1.807) is 11.8 Å². The molecule has 116 valence electrons. The molecule has 0 saturated carbocycles. The number of amides is 1. The van der Waals surface area contributed by atoms with Gasteiger partial charge in [0.15, 0.2) is 0 Å². The first-order valence-corrected chi connectivity index (χ1v) is 7.09. The molecule has 21 heavy (non-hydrogen) atoms. The Labute approximate surface area is 131 Å². The second-order valence-corrected chi connectivity index (χ2v) is 5.18. The van der Waals surface area contributed by atoms with Crippen molar-refractivity contribution in [2.45, 2.75) is 39.3 Å². The van der Waals surface area contributed by atoms with Crippen LogP contribution in [-0.2, 0) is 4.79 Å². The number of nitrogens with two attached hydrogens (primary N) is 1. The average Bonchev–Trinajstić information content (AvgIpc) is 2.87. The molecule has 0 spiro atoms. The zero-order valence-electron chi connectivity index (χ0n) is 12.7. The fourth-order valence-electron chi connectivity index (χ4n) is 2.36. The molecule has 0 aliphatic heterocycles. The molecule has 0 fully saturated rings. The maximum absolute atomic E-state index is 12.2. The fraction of sp³-hybridized carbons (Fsp3) is 0.438. The minimum atomic E-state index is -0.492. The Morgan fingerprint density at radius 1 is 1.33 bits per heavy atom. The van der Waals surface area contributed by atoms with E-state index in [1.807, 2.05) is 44.2 Å². The van der Waals surface area contributed by atoms with Crippen LogP contribution in [0.1, 0.15) is 39.0 Å². The third-order valence-electron chi connectivity index (χ3n) is 3.46. The SMILES string of the molecule is CCCN(C(=O)[C@@H](C)N)C(C)c1cc2ccccc2o1.Cl. The number of carbonyl (C=O) groups excluding carboxylic acids is 1. The summed E-state index contributed by atoms with van der Waals surface area (Å²) in [4.78, 5) is 14.0. The van der Waals surface area contributed by atoms with Crippen molar-refractivity contribution >= 4 is 29.3 Å². The Morgan fingerprint density at radius 3 is 2.57 bits per heavy atom. The Bertz CT molecular complexity index is 562. The minimum Gasteiger partial charge on any atom is -0.459 e. The summed E-state index contributed by atoms with van der Waals surface area (Å²) >= 11 is 0. The summed E-state index contributed by atoms with van der Waals surface area (Å²) < 4.78 is 5.85. The third-order valence-corrected chi connectivity index (χ3v) is 3.46. The number of carbonyl (C=O) groups is 1. The second kappa shape index (κ2) is 7.48. The van der Waals surface area contributed by atoms with Crippen LogP contribution in [0.2, 0.25) is 0 Å². The van der Waals surface area contributed by atoms with Crippen molar-refractivity contribution in [2.24, 2.45) is 5.73 Å². The van der Waals surface area contributed by atoms with Crippen LogP contribution >= 0.6 is 12.4 Å². The van der Waals surface area contributed by atoms with Crippen molar-refractivity contribution in [1.82, 2.24) is 4.90 Å². The predicted octanol–water partition coefficient (Wildman–Crippen LogP) is 3.50. The van der Waals surface area contributed by atoms with Gasteiger partial charge in [0.25, 0.3) is 0 Å². The van der Waals surface area contributed by atoms with Gasteiger partial charge in [0.2, 0.25) is 5.91 Å². The molecule has 4 nitrogen and oxygen atoms in total.